The van der Waals surface area contributed by atoms with Crippen molar-refractivity contribution in [3.05, 3.63) is 23.8 Å². The maximum atomic E-state index is 10.8. The highest BCUT2D eigenvalue weighted by molar-refractivity contribution is 5.80. The lowest BCUT2D eigenvalue weighted by atomic mass is 9.51. The molecule has 1 N–H and O–H groups in total. The molecule has 124 valence electrons. The summed E-state index contributed by atoms with van der Waals surface area (Å²) in [6.45, 7) is 13.6. The second-order valence-electron chi connectivity index (χ2n) is 8.36. The Labute approximate surface area is 135 Å². The standard InChI is InChI=1S/C20H32O2/c1-13(12-18(21)22)6-8-16-14(2)7-9-17-19(16)15(3)10-11-20(17,4)5/h12,15-17,19H,2,6-11H2,1,3-5H3,(H,21,22)/t15?,16-,17+,19-/m1/s1. The summed E-state index contributed by atoms with van der Waals surface area (Å²) in [5.74, 6) is 2.05. The van der Waals surface area contributed by atoms with Crippen molar-refractivity contribution in [1.82, 2.24) is 0 Å². The number of hydrogen-bond donors (Lipinski definition) is 1. The summed E-state index contributed by atoms with van der Waals surface area (Å²) >= 11 is 0. The number of aliphatic carboxylic acids is 1. The van der Waals surface area contributed by atoms with Crippen LogP contribution in [0.15, 0.2) is 23.8 Å². The molecule has 22 heavy (non-hydrogen) atoms. The van der Waals surface area contributed by atoms with Crippen LogP contribution in [0.4, 0.5) is 0 Å². The minimum atomic E-state index is -0.829. The molecule has 0 bridgehead atoms. The van der Waals surface area contributed by atoms with Gasteiger partial charge < -0.3 is 5.11 Å². The molecule has 0 heterocycles. The van der Waals surface area contributed by atoms with Crippen LogP contribution in [0.2, 0.25) is 0 Å². The molecule has 2 aliphatic rings. The molecule has 0 aromatic rings. The first-order chi connectivity index (χ1) is 10.2. The van der Waals surface area contributed by atoms with Gasteiger partial charge in [0.25, 0.3) is 0 Å². The maximum absolute atomic E-state index is 10.8. The molecule has 0 aromatic heterocycles. The highest BCUT2D eigenvalue weighted by Crippen LogP contribution is 2.56. The topological polar surface area (TPSA) is 37.3 Å². The van der Waals surface area contributed by atoms with Gasteiger partial charge in [0, 0.05) is 6.08 Å². The zero-order valence-corrected chi connectivity index (χ0v) is 14.7. The molecule has 4 atom stereocenters. The van der Waals surface area contributed by atoms with E-state index in [1.165, 1.54) is 30.9 Å². The Kier molecular flexibility index (Phi) is 5.19. The Bertz CT molecular complexity index is 472. The second-order valence-corrected chi connectivity index (χ2v) is 8.36. The lowest BCUT2D eigenvalue weighted by Crippen LogP contribution is -2.45. The first kappa shape index (κ1) is 17.3. The van der Waals surface area contributed by atoms with Crippen LogP contribution in [0.5, 0.6) is 0 Å². The minimum absolute atomic E-state index is 0.447. The first-order valence-electron chi connectivity index (χ1n) is 8.80. The number of hydrogen-bond acceptors (Lipinski definition) is 1. The molecule has 1 unspecified atom stereocenters. The lowest BCUT2D eigenvalue weighted by Gasteiger charge is -2.53. The third-order valence-corrected chi connectivity index (χ3v) is 6.35. The molecule has 2 heteroatoms. The third-order valence-electron chi connectivity index (χ3n) is 6.35. The summed E-state index contributed by atoms with van der Waals surface area (Å²) < 4.78 is 0. The van der Waals surface area contributed by atoms with Gasteiger partial charge in [-0.25, -0.2) is 4.79 Å². The Balaban J connectivity index is 2.13. The Morgan fingerprint density at radius 1 is 1.41 bits per heavy atom. The van der Waals surface area contributed by atoms with E-state index in [0.717, 1.165) is 42.6 Å². The van der Waals surface area contributed by atoms with Crippen molar-refractivity contribution in [2.24, 2.45) is 29.1 Å². The number of carboxylic acids is 1. The molecule has 0 saturated heterocycles. The van der Waals surface area contributed by atoms with Gasteiger partial charge >= 0.3 is 5.97 Å². The van der Waals surface area contributed by atoms with Gasteiger partial charge in [-0.1, -0.05) is 38.5 Å². The molecular weight excluding hydrogens is 272 g/mol. The van der Waals surface area contributed by atoms with E-state index in [1.54, 1.807) is 0 Å². The Hall–Kier alpha value is -1.05. The average molecular weight is 304 g/mol. The fourth-order valence-electron chi connectivity index (χ4n) is 5.02. The van der Waals surface area contributed by atoms with Crippen molar-refractivity contribution < 1.29 is 9.90 Å². The van der Waals surface area contributed by atoms with Gasteiger partial charge in [0.15, 0.2) is 0 Å². The predicted octanol–water partition coefficient (Wildman–Crippen LogP) is 5.45. The second kappa shape index (κ2) is 6.60. The highest BCUT2D eigenvalue weighted by Gasteiger charge is 2.47. The SMILES string of the molecule is C=C1CC[C@H]2[C@H](C(C)CCC2(C)C)[C@@H]1CCC(C)=CC(=O)O. The van der Waals surface area contributed by atoms with E-state index >= 15 is 0 Å². The summed E-state index contributed by atoms with van der Waals surface area (Å²) in [6.07, 6.45) is 8.42. The van der Waals surface area contributed by atoms with Gasteiger partial charge in [0.1, 0.15) is 0 Å². The molecule has 0 amide bonds. The van der Waals surface area contributed by atoms with E-state index < -0.39 is 5.97 Å². The molecule has 2 saturated carbocycles. The number of rotatable bonds is 4. The highest BCUT2D eigenvalue weighted by atomic mass is 16.4. The number of fused-ring (bicyclic) bond motifs is 1. The van der Waals surface area contributed by atoms with Crippen LogP contribution in [0.25, 0.3) is 0 Å². The molecule has 0 aliphatic heterocycles. The van der Waals surface area contributed by atoms with Crippen LogP contribution in [0.1, 0.15) is 66.2 Å². The predicted molar refractivity (Wildman–Crippen MR) is 91.6 cm³/mol. The van der Waals surface area contributed by atoms with Gasteiger partial charge in [-0.3, -0.25) is 0 Å². The van der Waals surface area contributed by atoms with Crippen LogP contribution in [0.3, 0.4) is 0 Å². The number of allylic oxidation sites excluding steroid dienone is 2. The molecule has 2 fully saturated rings. The summed E-state index contributed by atoms with van der Waals surface area (Å²) in [7, 11) is 0. The molecule has 2 nitrogen and oxygen atoms in total. The summed E-state index contributed by atoms with van der Waals surface area (Å²) in [5.41, 5.74) is 2.83. The van der Waals surface area contributed by atoms with Crippen molar-refractivity contribution in [3.8, 4) is 0 Å². The van der Waals surface area contributed by atoms with Crippen molar-refractivity contribution in [2.75, 3.05) is 0 Å². The van der Waals surface area contributed by atoms with E-state index in [2.05, 4.69) is 27.4 Å². The van der Waals surface area contributed by atoms with Crippen LogP contribution in [0, 0.1) is 29.1 Å². The smallest absolute Gasteiger partial charge is 0.328 e. The molecule has 2 aliphatic carbocycles. The van der Waals surface area contributed by atoms with Gasteiger partial charge in [-0.05, 0) is 74.5 Å². The summed E-state index contributed by atoms with van der Waals surface area (Å²) in [5, 5.41) is 8.88. The average Bonchev–Trinajstić information content (AvgIpc) is 2.41. The molecule has 0 aromatic carbocycles. The third kappa shape index (κ3) is 3.64. The van der Waals surface area contributed by atoms with E-state index in [9.17, 15) is 4.79 Å². The van der Waals surface area contributed by atoms with E-state index in [-0.39, 0.29) is 0 Å². The fraction of sp³-hybridized carbons (Fsp3) is 0.750. The largest absolute Gasteiger partial charge is 0.478 e. The van der Waals surface area contributed by atoms with Gasteiger partial charge in [0.05, 0.1) is 0 Å². The Morgan fingerprint density at radius 3 is 2.73 bits per heavy atom. The van der Waals surface area contributed by atoms with Crippen LogP contribution >= 0.6 is 0 Å². The van der Waals surface area contributed by atoms with Crippen molar-refractivity contribution in [3.63, 3.8) is 0 Å². The normalized spacial score (nSPS) is 35.1. The molecule has 0 radical (unpaired) electrons. The monoisotopic (exact) mass is 304 g/mol. The molecule has 2 rings (SSSR count). The van der Waals surface area contributed by atoms with Gasteiger partial charge in [0.2, 0.25) is 0 Å². The zero-order chi connectivity index (χ0) is 16.5. The lowest BCUT2D eigenvalue weighted by molar-refractivity contribution is -0.131. The first-order valence-corrected chi connectivity index (χ1v) is 8.80. The quantitative estimate of drug-likeness (QED) is 0.553. The minimum Gasteiger partial charge on any atom is -0.478 e. The van der Waals surface area contributed by atoms with E-state index in [1.807, 2.05) is 6.92 Å². The Morgan fingerprint density at radius 2 is 2.09 bits per heavy atom. The van der Waals surface area contributed by atoms with Crippen LogP contribution in [-0.4, -0.2) is 11.1 Å². The zero-order valence-electron chi connectivity index (χ0n) is 14.7. The van der Waals surface area contributed by atoms with Crippen molar-refractivity contribution in [2.45, 2.75) is 66.2 Å². The number of carboxylic acid groups (broad SMARTS) is 1. The molecule has 0 spiro atoms. The maximum Gasteiger partial charge on any atom is 0.328 e. The van der Waals surface area contributed by atoms with Gasteiger partial charge in [-0.15, -0.1) is 0 Å². The van der Waals surface area contributed by atoms with Crippen LogP contribution in [-0.2, 0) is 4.79 Å². The van der Waals surface area contributed by atoms with Crippen LogP contribution < -0.4 is 0 Å². The fourth-order valence-corrected chi connectivity index (χ4v) is 5.02. The van der Waals surface area contributed by atoms with E-state index in [4.69, 9.17) is 5.11 Å². The molecular formula is C20H32O2. The summed E-state index contributed by atoms with van der Waals surface area (Å²) in [6, 6.07) is 0. The van der Waals surface area contributed by atoms with Gasteiger partial charge in [-0.2, -0.15) is 0 Å². The van der Waals surface area contributed by atoms with Crippen molar-refractivity contribution >= 4 is 5.97 Å². The van der Waals surface area contributed by atoms with E-state index in [0.29, 0.717) is 11.3 Å². The number of carbonyl (C=O) groups is 1. The summed E-state index contributed by atoms with van der Waals surface area (Å²) in [4.78, 5) is 10.8. The van der Waals surface area contributed by atoms with Crippen molar-refractivity contribution in [1.29, 1.82) is 0 Å².